The first-order valence-electron chi connectivity index (χ1n) is 10.0. The number of hydrogen-bond donors (Lipinski definition) is 1. The van der Waals surface area contributed by atoms with Crippen LogP contribution in [0.4, 0.5) is 4.39 Å². The molecular weight excluding hydrogens is 415 g/mol. The van der Waals surface area contributed by atoms with Crippen LogP contribution in [0.15, 0.2) is 47.6 Å². The summed E-state index contributed by atoms with van der Waals surface area (Å²) in [5.74, 6) is -0.829. The number of hydrogen-bond acceptors (Lipinski definition) is 6. The van der Waals surface area contributed by atoms with Crippen molar-refractivity contribution in [2.75, 3.05) is 5.75 Å². The van der Waals surface area contributed by atoms with Crippen LogP contribution in [0, 0.1) is 12.7 Å². The number of sulfone groups is 1. The summed E-state index contributed by atoms with van der Waals surface area (Å²) in [4.78, 5) is 13.5. The lowest BCUT2D eigenvalue weighted by atomic mass is 9.90. The minimum atomic E-state index is -3.63. The second kappa shape index (κ2) is 7.09. The van der Waals surface area contributed by atoms with E-state index >= 15 is 0 Å². The van der Waals surface area contributed by atoms with Gasteiger partial charge in [-0.3, -0.25) is 9.98 Å². The molecule has 8 heteroatoms. The fourth-order valence-corrected chi connectivity index (χ4v) is 5.62. The van der Waals surface area contributed by atoms with Crippen molar-refractivity contribution in [1.29, 1.82) is 0 Å². The van der Waals surface area contributed by atoms with E-state index in [0.29, 0.717) is 6.42 Å². The van der Waals surface area contributed by atoms with E-state index < -0.39 is 25.9 Å². The lowest BCUT2D eigenvalue weighted by Gasteiger charge is -2.38. The Balaban J connectivity index is 1.78. The van der Waals surface area contributed by atoms with Crippen LogP contribution >= 0.6 is 0 Å². The number of aromatic nitrogens is 2. The molecule has 1 aliphatic heterocycles. The maximum Gasteiger partial charge on any atom is 0.165 e. The van der Waals surface area contributed by atoms with Gasteiger partial charge in [0.25, 0.3) is 0 Å². The summed E-state index contributed by atoms with van der Waals surface area (Å²) in [5, 5.41) is 0. The summed E-state index contributed by atoms with van der Waals surface area (Å²) in [6.07, 6.45) is 2.21. The Hall–Kier alpha value is -2.87. The van der Waals surface area contributed by atoms with E-state index in [1.807, 2.05) is 25.1 Å². The number of para-hydroxylation sites is 1. The molecule has 0 bridgehead atoms. The van der Waals surface area contributed by atoms with Crippen molar-refractivity contribution in [1.82, 2.24) is 9.97 Å². The van der Waals surface area contributed by atoms with E-state index in [4.69, 9.17) is 5.73 Å². The normalized spacial score (nSPS) is 22.3. The van der Waals surface area contributed by atoms with Crippen LogP contribution in [0.3, 0.4) is 0 Å². The van der Waals surface area contributed by atoms with Crippen LogP contribution in [0.1, 0.15) is 43.2 Å². The van der Waals surface area contributed by atoms with E-state index in [1.165, 1.54) is 19.9 Å². The summed E-state index contributed by atoms with van der Waals surface area (Å²) >= 11 is 0. The van der Waals surface area contributed by atoms with Gasteiger partial charge in [-0.2, -0.15) is 0 Å². The van der Waals surface area contributed by atoms with Gasteiger partial charge in [-0.25, -0.2) is 17.8 Å². The molecule has 0 saturated heterocycles. The van der Waals surface area contributed by atoms with Crippen molar-refractivity contribution >= 4 is 26.7 Å². The minimum Gasteiger partial charge on any atom is -0.386 e. The third-order valence-electron chi connectivity index (χ3n) is 6.01. The Labute approximate surface area is 181 Å². The van der Waals surface area contributed by atoms with Gasteiger partial charge in [0.15, 0.2) is 9.84 Å². The average molecular weight is 441 g/mol. The molecule has 162 valence electrons. The van der Waals surface area contributed by atoms with Crippen molar-refractivity contribution in [2.24, 2.45) is 10.7 Å². The largest absolute Gasteiger partial charge is 0.386 e. The molecule has 0 spiro atoms. The fourth-order valence-electron chi connectivity index (χ4n) is 3.93. The number of benzene rings is 2. The number of aryl methyl sites for hydroxylation is 1. The number of rotatable bonds is 3. The van der Waals surface area contributed by atoms with Gasteiger partial charge in [0.05, 0.1) is 22.5 Å². The zero-order valence-electron chi connectivity index (χ0n) is 18.0. The van der Waals surface area contributed by atoms with Crippen LogP contribution < -0.4 is 5.73 Å². The van der Waals surface area contributed by atoms with Gasteiger partial charge >= 0.3 is 0 Å². The molecule has 2 heterocycles. The lowest BCUT2D eigenvalue weighted by Crippen LogP contribution is -2.55. The zero-order valence-corrected chi connectivity index (χ0v) is 18.8. The highest BCUT2D eigenvalue weighted by Gasteiger charge is 2.49. The van der Waals surface area contributed by atoms with Crippen LogP contribution in [-0.4, -0.2) is 34.7 Å². The van der Waals surface area contributed by atoms with Crippen LogP contribution in [-0.2, 0) is 21.8 Å². The van der Waals surface area contributed by atoms with E-state index in [1.54, 1.807) is 25.3 Å². The fraction of sp³-hybridized carbons (Fsp3) is 0.348. The number of aliphatic imine (C=N–C) groups is 1. The van der Waals surface area contributed by atoms with Crippen LogP contribution in [0.5, 0.6) is 0 Å². The minimum absolute atomic E-state index is 0.00856. The molecule has 1 aromatic heterocycles. The second-order valence-corrected chi connectivity index (χ2v) is 11.4. The molecule has 0 aliphatic carbocycles. The predicted octanol–water partition coefficient (Wildman–Crippen LogP) is 3.45. The highest BCUT2D eigenvalue weighted by Crippen LogP contribution is 2.38. The first-order chi connectivity index (χ1) is 14.4. The van der Waals surface area contributed by atoms with Gasteiger partial charge in [-0.1, -0.05) is 24.3 Å². The molecule has 0 fully saturated rings. The molecule has 3 aromatic rings. The molecule has 0 radical (unpaired) electrons. The molecule has 1 atom stereocenters. The zero-order chi connectivity index (χ0) is 22.6. The standard InChI is InChI=1S/C23H25FN4O2S/c1-14-12-26-20-16(6-5-7-19(20)27-14)10-15-8-9-18(24)17(11-15)23(4)13-31(29,30)22(2,3)21(25)28-23/h5-9,11-12H,10,13H2,1-4H3,(H2,25,28)/t23-/m0/s1. The van der Waals surface area contributed by atoms with Gasteiger partial charge in [-0.15, -0.1) is 0 Å². The number of fused-ring (bicyclic) bond motifs is 1. The second-order valence-electron chi connectivity index (χ2n) is 8.83. The average Bonchev–Trinajstić information content (AvgIpc) is 2.67. The van der Waals surface area contributed by atoms with E-state index in [2.05, 4.69) is 15.0 Å². The molecule has 1 aliphatic rings. The molecule has 0 unspecified atom stereocenters. The number of nitrogens with two attached hydrogens (primary N) is 1. The monoisotopic (exact) mass is 440 g/mol. The Bertz CT molecular complexity index is 1330. The van der Waals surface area contributed by atoms with Crippen molar-refractivity contribution in [3.63, 3.8) is 0 Å². The number of nitrogens with zero attached hydrogens (tertiary/aromatic N) is 3. The topological polar surface area (TPSA) is 98.3 Å². The molecule has 4 rings (SSSR count). The summed E-state index contributed by atoms with van der Waals surface area (Å²) < 4.78 is 39.3. The van der Waals surface area contributed by atoms with Crippen molar-refractivity contribution in [2.45, 2.75) is 44.4 Å². The van der Waals surface area contributed by atoms with Gasteiger partial charge in [-0.05, 0) is 57.4 Å². The third-order valence-corrected chi connectivity index (χ3v) is 8.72. The van der Waals surface area contributed by atoms with E-state index in [-0.39, 0.29) is 17.2 Å². The predicted molar refractivity (Wildman–Crippen MR) is 120 cm³/mol. The Morgan fingerprint density at radius 1 is 1.16 bits per heavy atom. The highest BCUT2D eigenvalue weighted by atomic mass is 32.2. The molecule has 0 saturated carbocycles. The Morgan fingerprint density at radius 2 is 1.90 bits per heavy atom. The highest BCUT2D eigenvalue weighted by molar-refractivity contribution is 7.93. The molecular formula is C23H25FN4O2S. The first kappa shape index (κ1) is 21.4. The number of amidine groups is 1. The summed E-state index contributed by atoms with van der Waals surface area (Å²) in [7, 11) is -3.63. The summed E-state index contributed by atoms with van der Waals surface area (Å²) in [6, 6.07) is 10.5. The molecule has 0 amide bonds. The Morgan fingerprint density at radius 3 is 2.61 bits per heavy atom. The van der Waals surface area contributed by atoms with Crippen molar-refractivity contribution in [3.05, 3.63) is 70.8 Å². The first-order valence-corrected chi connectivity index (χ1v) is 11.7. The maximum absolute atomic E-state index is 14.9. The van der Waals surface area contributed by atoms with Crippen molar-refractivity contribution in [3.8, 4) is 0 Å². The summed E-state index contributed by atoms with van der Waals surface area (Å²) in [5.41, 5.74) is 9.13. The molecule has 2 aromatic carbocycles. The van der Waals surface area contributed by atoms with E-state index in [0.717, 1.165) is 27.9 Å². The lowest BCUT2D eigenvalue weighted by molar-refractivity contribution is 0.475. The van der Waals surface area contributed by atoms with Gasteiger partial charge in [0.2, 0.25) is 0 Å². The van der Waals surface area contributed by atoms with Crippen LogP contribution in [0.25, 0.3) is 11.0 Å². The van der Waals surface area contributed by atoms with Gasteiger partial charge in [0, 0.05) is 11.8 Å². The maximum atomic E-state index is 14.9. The SMILES string of the molecule is Cc1cnc2c(Cc3ccc(F)c([C@]4(C)CS(=O)(=O)C(C)(C)C(N)=N4)c3)cccc2n1. The molecule has 2 N–H and O–H groups in total. The third kappa shape index (κ3) is 3.59. The summed E-state index contributed by atoms with van der Waals surface area (Å²) in [6.45, 7) is 6.55. The smallest absolute Gasteiger partial charge is 0.165 e. The van der Waals surface area contributed by atoms with Gasteiger partial charge < -0.3 is 5.73 Å². The van der Waals surface area contributed by atoms with Crippen LogP contribution in [0.2, 0.25) is 0 Å². The molecule has 6 nitrogen and oxygen atoms in total. The van der Waals surface area contributed by atoms with Gasteiger partial charge in [0.1, 0.15) is 21.9 Å². The van der Waals surface area contributed by atoms with Crippen molar-refractivity contribution < 1.29 is 12.8 Å². The Kier molecular flexibility index (Phi) is 4.88. The quantitative estimate of drug-likeness (QED) is 0.673. The van der Waals surface area contributed by atoms with E-state index in [9.17, 15) is 12.8 Å². The molecule has 31 heavy (non-hydrogen) atoms. The number of halogens is 1.